The molecule has 1 aromatic heterocycles. The average molecular weight is 457 g/mol. The van der Waals surface area contributed by atoms with E-state index in [1.807, 2.05) is 17.2 Å². The Balaban J connectivity index is 1.41. The van der Waals surface area contributed by atoms with Crippen molar-refractivity contribution in [2.75, 3.05) is 39.3 Å². The number of carbonyl (C=O) groups is 1. The van der Waals surface area contributed by atoms with Gasteiger partial charge in [-0.3, -0.25) is 14.7 Å². The number of rotatable bonds is 5. The molecule has 4 rings (SSSR count). The van der Waals surface area contributed by atoms with Crippen LogP contribution in [0.2, 0.25) is 0 Å². The summed E-state index contributed by atoms with van der Waals surface area (Å²) in [7, 11) is -3.61. The molecule has 2 aliphatic rings. The highest BCUT2D eigenvalue weighted by Gasteiger charge is 2.32. The van der Waals surface area contributed by atoms with Gasteiger partial charge in [0.1, 0.15) is 0 Å². The smallest absolute Gasteiger partial charge is 0.253 e. The molecule has 172 valence electrons. The maximum Gasteiger partial charge on any atom is 0.253 e. The van der Waals surface area contributed by atoms with Gasteiger partial charge in [-0.1, -0.05) is 26.0 Å². The Labute approximate surface area is 191 Å². The van der Waals surface area contributed by atoms with Crippen molar-refractivity contribution in [3.63, 3.8) is 0 Å². The molecule has 2 unspecified atom stereocenters. The largest absolute Gasteiger partial charge is 0.336 e. The number of carbonyl (C=O) groups excluding carboxylic acids is 1. The standard InChI is InChI=1S/C24H32N4O3S/c1-19-13-20(2)17-28(16-19)32(30,31)23-7-3-6-22(14-23)24(29)27-11-9-26(10-12-27)18-21-5-4-8-25-15-21/h3-8,14-15,19-20H,9-13,16-18H2,1-2H3. The van der Waals surface area contributed by atoms with Crippen molar-refractivity contribution < 1.29 is 13.2 Å². The van der Waals surface area contributed by atoms with Crippen molar-refractivity contribution in [3.8, 4) is 0 Å². The van der Waals surface area contributed by atoms with Crippen molar-refractivity contribution in [3.05, 3.63) is 59.9 Å². The normalized spacial score (nSPS) is 23.2. The Morgan fingerprint density at radius 2 is 1.75 bits per heavy atom. The zero-order chi connectivity index (χ0) is 22.7. The number of pyridine rings is 1. The topological polar surface area (TPSA) is 73.8 Å². The van der Waals surface area contributed by atoms with E-state index in [2.05, 4.69) is 29.8 Å². The number of hydrogen-bond donors (Lipinski definition) is 0. The van der Waals surface area contributed by atoms with Gasteiger partial charge in [-0.15, -0.1) is 0 Å². The third-order valence-electron chi connectivity index (χ3n) is 6.34. The Hall–Kier alpha value is -2.29. The number of piperidine rings is 1. The van der Waals surface area contributed by atoms with Crippen LogP contribution in [-0.4, -0.2) is 72.7 Å². The first-order valence-corrected chi connectivity index (χ1v) is 12.8. The molecular weight excluding hydrogens is 424 g/mol. The third-order valence-corrected chi connectivity index (χ3v) is 8.17. The predicted octanol–water partition coefficient (Wildman–Crippen LogP) is 2.71. The van der Waals surface area contributed by atoms with Gasteiger partial charge in [-0.2, -0.15) is 4.31 Å². The summed E-state index contributed by atoms with van der Waals surface area (Å²) in [6, 6.07) is 10.5. The van der Waals surface area contributed by atoms with Crippen LogP contribution in [0.15, 0.2) is 53.7 Å². The lowest BCUT2D eigenvalue weighted by molar-refractivity contribution is 0.0628. The summed E-state index contributed by atoms with van der Waals surface area (Å²) in [5.74, 6) is 0.561. The van der Waals surface area contributed by atoms with Gasteiger partial charge < -0.3 is 4.90 Å². The first kappa shape index (κ1) is 22.9. The quantitative estimate of drug-likeness (QED) is 0.692. The summed E-state index contributed by atoms with van der Waals surface area (Å²) in [6.45, 7) is 8.86. The molecule has 7 nitrogen and oxygen atoms in total. The second kappa shape index (κ2) is 9.68. The third kappa shape index (κ3) is 5.19. The zero-order valence-electron chi connectivity index (χ0n) is 18.9. The van der Waals surface area contributed by atoms with Crippen LogP contribution in [0, 0.1) is 11.8 Å². The van der Waals surface area contributed by atoms with Crippen LogP contribution in [0.5, 0.6) is 0 Å². The van der Waals surface area contributed by atoms with Crippen LogP contribution in [0.25, 0.3) is 0 Å². The molecule has 0 radical (unpaired) electrons. The van der Waals surface area contributed by atoms with Gasteiger partial charge in [0, 0.05) is 63.8 Å². The van der Waals surface area contributed by atoms with Gasteiger partial charge in [-0.05, 0) is 48.1 Å². The summed E-state index contributed by atoms with van der Waals surface area (Å²) in [6.07, 6.45) is 4.67. The van der Waals surface area contributed by atoms with Crippen LogP contribution < -0.4 is 0 Å². The lowest BCUT2D eigenvalue weighted by atomic mass is 9.94. The molecule has 8 heteroatoms. The van der Waals surface area contributed by atoms with Gasteiger partial charge in [0.15, 0.2) is 0 Å². The van der Waals surface area contributed by atoms with E-state index >= 15 is 0 Å². The first-order chi connectivity index (χ1) is 15.3. The molecule has 2 fully saturated rings. The zero-order valence-corrected chi connectivity index (χ0v) is 19.7. The lowest BCUT2D eigenvalue weighted by Gasteiger charge is -2.35. The van der Waals surface area contributed by atoms with E-state index in [0.717, 1.165) is 31.6 Å². The molecule has 2 atom stereocenters. The highest BCUT2D eigenvalue weighted by molar-refractivity contribution is 7.89. The maximum absolute atomic E-state index is 13.2. The summed E-state index contributed by atoms with van der Waals surface area (Å²) in [4.78, 5) is 21.6. The second-order valence-corrected chi connectivity index (χ2v) is 11.2. The Bertz CT molecular complexity index is 1030. The summed E-state index contributed by atoms with van der Waals surface area (Å²) in [5, 5.41) is 0. The number of piperazine rings is 1. The number of aromatic nitrogens is 1. The van der Waals surface area contributed by atoms with Crippen molar-refractivity contribution in [1.29, 1.82) is 0 Å². The minimum Gasteiger partial charge on any atom is -0.336 e. The number of amides is 1. The molecule has 2 aromatic rings. The molecule has 2 aliphatic heterocycles. The number of hydrogen-bond acceptors (Lipinski definition) is 5. The molecule has 2 saturated heterocycles. The predicted molar refractivity (Wildman–Crippen MR) is 124 cm³/mol. The van der Waals surface area contributed by atoms with Gasteiger partial charge in [0.05, 0.1) is 4.90 Å². The summed E-state index contributed by atoms with van der Waals surface area (Å²) < 4.78 is 28.0. The molecule has 0 bridgehead atoms. The second-order valence-electron chi connectivity index (χ2n) is 9.23. The van der Waals surface area contributed by atoms with Crippen molar-refractivity contribution in [2.45, 2.75) is 31.7 Å². The van der Waals surface area contributed by atoms with E-state index in [1.165, 1.54) is 0 Å². The number of nitrogens with zero attached hydrogens (tertiary/aromatic N) is 4. The summed E-state index contributed by atoms with van der Waals surface area (Å²) in [5.41, 5.74) is 1.59. The first-order valence-electron chi connectivity index (χ1n) is 11.3. The molecule has 32 heavy (non-hydrogen) atoms. The van der Waals surface area contributed by atoms with Crippen LogP contribution in [-0.2, 0) is 16.6 Å². The molecule has 1 amide bonds. The Kier molecular flexibility index (Phi) is 6.93. The molecule has 1 aromatic carbocycles. The highest BCUT2D eigenvalue weighted by atomic mass is 32.2. The van der Waals surface area contributed by atoms with Crippen molar-refractivity contribution in [2.24, 2.45) is 11.8 Å². The van der Waals surface area contributed by atoms with Gasteiger partial charge in [-0.25, -0.2) is 8.42 Å². The van der Waals surface area contributed by atoms with Crippen molar-refractivity contribution >= 4 is 15.9 Å². The van der Waals surface area contributed by atoms with Gasteiger partial charge >= 0.3 is 0 Å². The maximum atomic E-state index is 13.2. The molecule has 3 heterocycles. The SMILES string of the molecule is CC1CC(C)CN(S(=O)(=O)c2cccc(C(=O)N3CCN(Cc4cccnc4)CC3)c2)C1. The fourth-order valence-electron chi connectivity index (χ4n) is 4.78. The summed E-state index contributed by atoms with van der Waals surface area (Å²) >= 11 is 0. The van der Waals surface area contributed by atoms with E-state index in [-0.39, 0.29) is 10.8 Å². The fourth-order valence-corrected chi connectivity index (χ4v) is 6.51. The molecule has 0 spiro atoms. The number of benzene rings is 1. The average Bonchev–Trinajstić information content (AvgIpc) is 2.79. The van der Waals surface area contributed by atoms with E-state index in [0.29, 0.717) is 43.6 Å². The highest BCUT2D eigenvalue weighted by Crippen LogP contribution is 2.27. The van der Waals surface area contributed by atoms with Gasteiger partial charge in [0.2, 0.25) is 10.0 Å². The minimum atomic E-state index is -3.61. The molecule has 0 N–H and O–H groups in total. The van der Waals surface area contributed by atoms with Crippen LogP contribution in [0.3, 0.4) is 0 Å². The fraction of sp³-hybridized carbons (Fsp3) is 0.500. The van der Waals surface area contributed by atoms with Crippen LogP contribution >= 0.6 is 0 Å². The minimum absolute atomic E-state index is 0.108. The lowest BCUT2D eigenvalue weighted by Crippen LogP contribution is -2.48. The Morgan fingerprint density at radius 1 is 1.03 bits per heavy atom. The molecule has 0 saturated carbocycles. The van der Waals surface area contributed by atoms with E-state index in [9.17, 15) is 13.2 Å². The van der Waals surface area contributed by atoms with E-state index < -0.39 is 10.0 Å². The van der Waals surface area contributed by atoms with Crippen LogP contribution in [0.1, 0.15) is 36.2 Å². The monoisotopic (exact) mass is 456 g/mol. The van der Waals surface area contributed by atoms with E-state index in [1.54, 1.807) is 34.8 Å². The van der Waals surface area contributed by atoms with Gasteiger partial charge in [0.25, 0.3) is 5.91 Å². The number of sulfonamides is 1. The molecule has 0 aliphatic carbocycles. The Morgan fingerprint density at radius 3 is 2.41 bits per heavy atom. The van der Waals surface area contributed by atoms with Crippen LogP contribution in [0.4, 0.5) is 0 Å². The van der Waals surface area contributed by atoms with Crippen molar-refractivity contribution in [1.82, 2.24) is 19.1 Å². The van der Waals surface area contributed by atoms with E-state index in [4.69, 9.17) is 0 Å². The molecular formula is C24H32N4O3S.